The zero-order valence-electron chi connectivity index (χ0n) is 12.5. The summed E-state index contributed by atoms with van der Waals surface area (Å²) >= 11 is 0. The van der Waals surface area contributed by atoms with Gasteiger partial charge in [0.15, 0.2) is 0 Å². The molecule has 1 N–H and O–H groups in total. The lowest BCUT2D eigenvalue weighted by atomic mass is 10.3. The minimum atomic E-state index is -0.154. The van der Waals surface area contributed by atoms with Crippen LogP contribution in [-0.2, 0) is 11.3 Å². The summed E-state index contributed by atoms with van der Waals surface area (Å²) < 4.78 is 5.22. The molecule has 3 rings (SSSR count). The number of anilines is 1. The lowest BCUT2D eigenvalue weighted by Crippen LogP contribution is -2.48. The van der Waals surface area contributed by atoms with Crippen molar-refractivity contribution in [2.24, 2.45) is 0 Å². The average Bonchev–Trinajstić information content (AvgIpc) is 3.13. The van der Waals surface area contributed by atoms with Gasteiger partial charge in [-0.05, 0) is 18.2 Å². The van der Waals surface area contributed by atoms with Crippen LogP contribution >= 0.6 is 0 Å². The van der Waals surface area contributed by atoms with Gasteiger partial charge in [-0.3, -0.25) is 9.59 Å². The van der Waals surface area contributed by atoms with Crippen molar-refractivity contribution in [1.82, 2.24) is 19.8 Å². The van der Waals surface area contributed by atoms with E-state index in [4.69, 9.17) is 4.42 Å². The van der Waals surface area contributed by atoms with Gasteiger partial charge in [0, 0.05) is 32.4 Å². The Morgan fingerprint density at radius 2 is 2.13 bits per heavy atom. The number of carbonyl (C=O) groups is 2. The van der Waals surface area contributed by atoms with Crippen LogP contribution in [0.3, 0.4) is 0 Å². The number of rotatable bonds is 5. The van der Waals surface area contributed by atoms with Crippen LogP contribution in [0.1, 0.15) is 16.2 Å². The van der Waals surface area contributed by atoms with Gasteiger partial charge in [0.05, 0.1) is 12.8 Å². The molecule has 1 saturated heterocycles. The number of carbonyl (C=O) groups excluding carboxylic acids is 2. The predicted molar refractivity (Wildman–Crippen MR) is 81.6 cm³/mol. The van der Waals surface area contributed by atoms with Gasteiger partial charge in [-0.25, -0.2) is 9.97 Å². The third kappa shape index (κ3) is 3.65. The first kappa shape index (κ1) is 15.0. The predicted octanol–water partition coefficient (Wildman–Crippen LogP) is 0.596. The molecule has 2 amide bonds. The zero-order valence-corrected chi connectivity index (χ0v) is 12.5. The Labute approximate surface area is 133 Å². The molecule has 0 radical (unpaired) electrons. The zero-order chi connectivity index (χ0) is 16.1. The topological polar surface area (TPSA) is 91.6 Å². The van der Waals surface area contributed by atoms with Gasteiger partial charge >= 0.3 is 0 Å². The van der Waals surface area contributed by atoms with Crippen molar-refractivity contribution < 1.29 is 14.0 Å². The summed E-state index contributed by atoms with van der Waals surface area (Å²) in [6.07, 6.45) is 3.95. The summed E-state index contributed by atoms with van der Waals surface area (Å²) in [6, 6.07) is 5.23. The SMILES string of the molecule is O=CN1CCN(C(=O)c2ccnc(NCc3ccco3)n2)CC1. The van der Waals surface area contributed by atoms with Gasteiger partial charge in [-0.1, -0.05) is 0 Å². The third-order valence-electron chi connectivity index (χ3n) is 3.63. The van der Waals surface area contributed by atoms with Crippen molar-refractivity contribution in [3.05, 3.63) is 42.1 Å². The highest BCUT2D eigenvalue weighted by molar-refractivity contribution is 5.92. The molecule has 1 aliphatic rings. The van der Waals surface area contributed by atoms with Crippen LogP contribution in [0.25, 0.3) is 0 Å². The van der Waals surface area contributed by atoms with E-state index in [0.29, 0.717) is 44.4 Å². The molecule has 2 aromatic rings. The van der Waals surface area contributed by atoms with E-state index in [0.717, 1.165) is 12.2 Å². The van der Waals surface area contributed by atoms with Crippen molar-refractivity contribution in [2.45, 2.75) is 6.54 Å². The van der Waals surface area contributed by atoms with Crippen molar-refractivity contribution in [1.29, 1.82) is 0 Å². The fraction of sp³-hybridized carbons (Fsp3) is 0.333. The molecule has 0 spiro atoms. The molecule has 0 saturated carbocycles. The molecule has 0 bridgehead atoms. The maximum absolute atomic E-state index is 12.5. The van der Waals surface area contributed by atoms with E-state index in [9.17, 15) is 9.59 Å². The molecule has 0 aliphatic carbocycles. The third-order valence-corrected chi connectivity index (χ3v) is 3.63. The van der Waals surface area contributed by atoms with Crippen LogP contribution in [0.2, 0.25) is 0 Å². The highest BCUT2D eigenvalue weighted by atomic mass is 16.3. The van der Waals surface area contributed by atoms with E-state index in [2.05, 4.69) is 15.3 Å². The van der Waals surface area contributed by atoms with Crippen molar-refractivity contribution in [3.8, 4) is 0 Å². The molecule has 8 heteroatoms. The van der Waals surface area contributed by atoms with E-state index in [1.54, 1.807) is 34.4 Å². The molecular formula is C15H17N5O3. The fourth-order valence-corrected chi connectivity index (χ4v) is 2.33. The van der Waals surface area contributed by atoms with Crippen LogP contribution in [0.5, 0.6) is 0 Å². The van der Waals surface area contributed by atoms with Crippen molar-refractivity contribution in [2.75, 3.05) is 31.5 Å². The second-order valence-electron chi connectivity index (χ2n) is 5.13. The first-order chi connectivity index (χ1) is 11.3. The molecule has 0 atom stereocenters. The monoisotopic (exact) mass is 315 g/mol. The number of nitrogens with one attached hydrogen (secondary N) is 1. The number of hydrogen-bond donors (Lipinski definition) is 1. The Bertz CT molecular complexity index is 666. The number of nitrogens with zero attached hydrogens (tertiary/aromatic N) is 4. The molecule has 1 aliphatic heterocycles. The average molecular weight is 315 g/mol. The summed E-state index contributed by atoms with van der Waals surface area (Å²) in [5.74, 6) is 0.980. The highest BCUT2D eigenvalue weighted by Crippen LogP contribution is 2.09. The summed E-state index contributed by atoms with van der Waals surface area (Å²) in [5.41, 5.74) is 0.335. The largest absolute Gasteiger partial charge is 0.467 e. The summed E-state index contributed by atoms with van der Waals surface area (Å²) in [4.78, 5) is 34.9. The van der Waals surface area contributed by atoms with Gasteiger partial charge in [0.25, 0.3) is 5.91 Å². The minimum absolute atomic E-state index is 0.154. The molecule has 0 aromatic carbocycles. The maximum atomic E-state index is 12.5. The molecule has 8 nitrogen and oxygen atoms in total. The van der Waals surface area contributed by atoms with Crippen LogP contribution in [0.4, 0.5) is 5.95 Å². The fourth-order valence-electron chi connectivity index (χ4n) is 2.33. The van der Waals surface area contributed by atoms with Crippen LogP contribution in [-0.4, -0.2) is 58.3 Å². The second-order valence-corrected chi connectivity index (χ2v) is 5.13. The number of aromatic nitrogens is 2. The molecule has 2 aromatic heterocycles. The van der Waals surface area contributed by atoms with Gasteiger partial charge in [0.1, 0.15) is 11.5 Å². The minimum Gasteiger partial charge on any atom is -0.467 e. The second kappa shape index (κ2) is 6.91. The van der Waals surface area contributed by atoms with E-state index in [1.165, 1.54) is 0 Å². The van der Waals surface area contributed by atoms with E-state index in [-0.39, 0.29) is 5.91 Å². The number of furan rings is 1. The van der Waals surface area contributed by atoms with Gasteiger partial charge in [0.2, 0.25) is 12.4 Å². The van der Waals surface area contributed by atoms with E-state index >= 15 is 0 Å². The molecule has 3 heterocycles. The quantitative estimate of drug-likeness (QED) is 0.812. The Morgan fingerprint density at radius 1 is 1.30 bits per heavy atom. The normalized spacial score (nSPS) is 14.6. The van der Waals surface area contributed by atoms with Crippen molar-refractivity contribution in [3.63, 3.8) is 0 Å². The number of amides is 2. The Balaban J connectivity index is 1.62. The molecule has 1 fully saturated rings. The lowest BCUT2D eigenvalue weighted by Gasteiger charge is -2.32. The Morgan fingerprint density at radius 3 is 2.83 bits per heavy atom. The van der Waals surface area contributed by atoms with E-state index in [1.807, 2.05) is 6.07 Å². The van der Waals surface area contributed by atoms with Gasteiger partial charge in [-0.15, -0.1) is 0 Å². The Hall–Kier alpha value is -2.90. The standard InChI is InChI=1S/C15H17N5O3/c21-11-19-5-7-20(8-6-19)14(22)13-3-4-16-15(18-13)17-10-12-2-1-9-23-12/h1-4,9,11H,5-8,10H2,(H,16,17,18). The number of hydrogen-bond acceptors (Lipinski definition) is 6. The van der Waals surface area contributed by atoms with E-state index < -0.39 is 0 Å². The lowest BCUT2D eigenvalue weighted by molar-refractivity contribution is -0.119. The summed E-state index contributed by atoms with van der Waals surface area (Å²) in [5, 5.41) is 3.02. The Kier molecular flexibility index (Phi) is 4.51. The first-order valence-corrected chi connectivity index (χ1v) is 7.34. The molecule has 23 heavy (non-hydrogen) atoms. The maximum Gasteiger partial charge on any atom is 0.272 e. The highest BCUT2D eigenvalue weighted by Gasteiger charge is 2.22. The molecule has 0 unspecified atom stereocenters. The smallest absolute Gasteiger partial charge is 0.272 e. The van der Waals surface area contributed by atoms with Gasteiger partial charge in [-0.2, -0.15) is 0 Å². The summed E-state index contributed by atoms with van der Waals surface area (Å²) in [7, 11) is 0. The van der Waals surface area contributed by atoms with Gasteiger partial charge < -0.3 is 19.5 Å². The van der Waals surface area contributed by atoms with Crippen LogP contribution < -0.4 is 5.32 Å². The first-order valence-electron chi connectivity index (χ1n) is 7.34. The van der Waals surface area contributed by atoms with Crippen LogP contribution in [0, 0.1) is 0 Å². The molecular weight excluding hydrogens is 298 g/mol. The van der Waals surface area contributed by atoms with Crippen molar-refractivity contribution >= 4 is 18.3 Å². The summed E-state index contributed by atoms with van der Waals surface area (Å²) in [6.45, 7) is 2.56. The number of piperazine rings is 1. The molecule has 120 valence electrons. The van der Waals surface area contributed by atoms with Crippen LogP contribution in [0.15, 0.2) is 35.1 Å².